The summed E-state index contributed by atoms with van der Waals surface area (Å²) in [6, 6.07) is 0.0544. The number of piperazine rings is 1. The van der Waals surface area contributed by atoms with Crippen molar-refractivity contribution in [3.05, 3.63) is 11.5 Å². The molecule has 0 aromatic heterocycles. The van der Waals surface area contributed by atoms with E-state index in [0.29, 0.717) is 6.54 Å². The Hall–Kier alpha value is -1.72. The summed E-state index contributed by atoms with van der Waals surface area (Å²) < 4.78 is 0. The van der Waals surface area contributed by atoms with Crippen LogP contribution >= 0.6 is 0 Å². The van der Waals surface area contributed by atoms with Gasteiger partial charge < -0.3 is 20.2 Å². The molecule has 0 aromatic rings. The second kappa shape index (κ2) is 4.42. The Balaban J connectivity index is 3.12. The van der Waals surface area contributed by atoms with Crippen molar-refractivity contribution in [1.29, 1.82) is 0 Å². The van der Waals surface area contributed by atoms with Gasteiger partial charge in [0.1, 0.15) is 0 Å². The maximum absolute atomic E-state index is 11.9. The molecular formula is C10H17N3O3. The van der Waals surface area contributed by atoms with Crippen molar-refractivity contribution < 1.29 is 14.7 Å². The number of carbonyl (C=O) groups excluding carboxylic acids is 2. The zero-order chi connectivity index (χ0) is 12.5. The first-order chi connectivity index (χ1) is 7.40. The minimum Gasteiger partial charge on any atom is -0.501 e. The first kappa shape index (κ1) is 12.4. The van der Waals surface area contributed by atoms with Crippen LogP contribution in [0.2, 0.25) is 0 Å². The van der Waals surface area contributed by atoms with E-state index in [4.69, 9.17) is 0 Å². The predicted molar refractivity (Wildman–Crippen MR) is 58.6 cm³/mol. The molecule has 90 valence electrons. The maximum atomic E-state index is 11.9. The molecule has 2 amide bonds. The van der Waals surface area contributed by atoms with Gasteiger partial charge in [0.05, 0.1) is 0 Å². The first-order valence-electron chi connectivity index (χ1n) is 5.03. The molecule has 1 heterocycles. The van der Waals surface area contributed by atoms with E-state index < -0.39 is 11.7 Å². The Morgan fingerprint density at radius 2 is 2.06 bits per heavy atom. The lowest BCUT2D eigenvalue weighted by molar-refractivity contribution is -0.133. The summed E-state index contributed by atoms with van der Waals surface area (Å²) in [5, 5.41) is 12.0. The van der Waals surface area contributed by atoms with E-state index in [0.717, 1.165) is 0 Å². The molecule has 1 unspecified atom stereocenters. The average Bonchev–Trinajstić information content (AvgIpc) is 2.24. The van der Waals surface area contributed by atoms with E-state index in [-0.39, 0.29) is 17.6 Å². The highest BCUT2D eigenvalue weighted by Gasteiger charge is 2.33. The Labute approximate surface area is 94.5 Å². The summed E-state index contributed by atoms with van der Waals surface area (Å²) in [6.07, 6.45) is 0. The number of carbonyl (C=O) groups is 2. The van der Waals surface area contributed by atoms with Crippen molar-refractivity contribution in [2.45, 2.75) is 13.0 Å². The smallest absolute Gasteiger partial charge is 0.288 e. The van der Waals surface area contributed by atoms with Crippen LogP contribution in [0.1, 0.15) is 6.92 Å². The van der Waals surface area contributed by atoms with Crippen molar-refractivity contribution in [3.63, 3.8) is 0 Å². The van der Waals surface area contributed by atoms with E-state index in [1.807, 2.05) is 6.92 Å². The number of aliphatic hydroxyl groups excluding tert-OH is 1. The van der Waals surface area contributed by atoms with Crippen molar-refractivity contribution in [2.24, 2.45) is 0 Å². The highest BCUT2D eigenvalue weighted by atomic mass is 16.3. The normalized spacial score (nSPS) is 24.5. The number of hydrogen-bond donors (Lipinski definition) is 2. The average molecular weight is 227 g/mol. The third kappa shape index (κ3) is 1.95. The van der Waals surface area contributed by atoms with Gasteiger partial charge in [-0.3, -0.25) is 9.59 Å². The molecule has 1 saturated heterocycles. The molecule has 2 N–H and O–H groups in total. The number of nitrogens with zero attached hydrogens (tertiary/aromatic N) is 2. The van der Waals surface area contributed by atoms with Crippen LogP contribution in [-0.2, 0) is 9.59 Å². The second-order valence-corrected chi connectivity index (χ2v) is 3.92. The summed E-state index contributed by atoms with van der Waals surface area (Å²) in [5.74, 6) is -1.53. The number of nitrogens with one attached hydrogen (secondary N) is 1. The van der Waals surface area contributed by atoms with E-state index >= 15 is 0 Å². The fourth-order valence-electron chi connectivity index (χ4n) is 1.65. The van der Waals surface area contributed by atoms with Crippen LogP contribution in [0.15, 0.2) is 11.5 Å². The highest BCUT2D eigenvalue weighted by Crippen LogP contribution is 2.18. The largest absolute Gasteiger partial charge is 0.501 e. The molecule has 0 saturated carbocycles. The quantitative estimate of drug-likeness (QED) is 0.458. The molecule has 16 heavy (non-hydrogen) atoms. The molecule has 0 aliphatic carbocycles. The van der Waals surface area contributed by atoms with Crippen LogP contribution in [0.4, 0.5) is 0 Å². The van der Waals surface area contributed by atoms with Crippen LogP contribution in [0.25, 0.3) is 0 Å². The van der Waals surface area contributed by atoms with Gasteiger partial charge >= 0.3 is 0 Å². The van der Waals surface area contributed by atoms with Gasteiger partial charge in [-0.1, -0.05) is 0 Å². The Bertz CT molecular complexity index is 351. The molecule has 1 atom stereocenters. The zero-order valence-corrected chi connectivity index (χ0v) is 9.94. The highest BCUT2D eigenvalue weighted by molar-refractivity contribution is 6.03. The third-order valence-electron chi connectivity index (χ3n) is 2.77. The summed E-state index contributed by atoms with van der Waals surface area (Å²) in [5.41, 5.74) is 0.0416. The number of hydrogen-bond acceptors (Lipinski definition) is 4. The van der Waals surface area contributed by atoms with Gasteiger partial charge in [0.2, 0.25) is 5.76 Å². The van der Waals surface area contributed by atoms with E-state index in [1.165, 1.54) is 11.9 Å². The van der Waals surface area contributed by atoms with Gasteiger partial charge in [0.15, 0.2) is 5.70 Å². The van der Waals surface area contributed by atoms with Gasteiger partial charge in [0.25, 0.3) is 11.8 Å². The Morgan fingerprint density at radius 3 is 2.56 bits per heavy atom. The molecule has 0 radical (unpaired) electrons. The summed E-state index contributed by atoms with van der Waals surface area (Å²) in [7, 11) is 4.73. The van der Waals surface area contributed by atoms with Crippen molar-refractivity contribution in [1.82, 2.24) is 15.1 Å². The standard InChI is InChI=1S/C10H17N3O3/c1-6-5-12(3)7(10(16)13(6)4)8(14)9(15)11-2/h6,14H,5H2,1-4H3,(H,11,15)/b8-7+. The Kier molecular flexibility index (Phi) is 3.41. The molecule has 1 rings (SSSR count). The third-order valence-corrected chi connectivity index (χ3v) is 2.77. The number of amides is 2. The lowest BCUT2D eigenvalue weighted by atomic mass is 10.1. The minimum atomic E-state index is -0.654. The SMILES string of the molecule is CNC(=O)/C(O)=C1/C(=O)N(C)C(C)CN1C. The molecule has 0 bridgehead atoms. The van der Waals surface area contributed by atoms with Gasteiger partial charge in [0, 0.05) is 33.7 Å². The zero-order valence-electron chi connectivity index (χ0n) is 9.94. The van der Waals surface area contributed by atoms with E-state index in [9.17, 15) is 14.7 Å². The lowest BCUT2D eigenvalue weighted by Crippen LogP contribution is -2.51. The molecule has 1 aliphatic heterocycles. The predicted octanol–water partition coefficient (Wildman–Crippen LogP) is -0.706. The summed E-state index contributed by atoms with van der Waals surface area (Å²) in [4.78, 5) is 26.3. The molecule has 6 nitrogen and oxygen atoms in total. The molecule has 1 fully saturated rings. The second-order valence-electron chi connectivity index (χ2n) is 3.92. The van der Waals surface area contributed by atoms with E-state index in [1.54, 1.807) is 19.0 Å². The molecule has 0 aromatic carbocycles. The van der Waals surface area contributed by atoms with Crippen LogP contribution in [-0.4, -0.2) is 60.5 Å². The van der Waals surface area contributed by atoms with Gasteiger partial charge in [-0.2, -0.15) is 0 Å². The molecule has 0 spiro atoms. The molecular weight excluding hydrogens is 210 g/mol. The summed E-state index contributed by atoms with van der Waals surface area (Å²) in [6.45, 7) is 2.49. The van der Waals surface area contributed by atoms with Crippen molar-refractivity contribution in [3.8, 4) is 0 Å². The fraction of sp³-hybridized carbons (Fsp3) is 0.600. The number of likely N-dealkylation sites (N-methyl/N-ethyl adjacent to an activating group) is 3. The van der Waals surface area contributed by atoms with Crippen LogP contribution < -0.4 is 5.32 Å². The fourth-order valence-corrected chi connectivity index (χ4v) is 1.65. The van der Waals surface area contributed by atoms with Gasteiger partial charge in [-0.15, -0.1) is 0 Å². The summed E-state index contributed by atoms with van der Waals surface area (Å²) >= 11 is 0. The van der Waals surface area contributed by atoms with Crippen molar-refractivity contribution >= 4 is 11.8 Å². The minimum absolute atomic E-state index is 0.0416. The van der Waals surface area contributed by atoms with Crippen molar-refractivity contribution in [2.75, 3.05) is 27.7 Å². The Morgan fingerprint density at radius 1 is 1.50 bits per heavy atom. The van der Waals surface area contributed by atoms with Gasteiger partial charge in [-0.25, -0.2) is 0 Å². The van der Waals surface area contributed by atoms with Gasteiger partial charge in [-0.05, 0) is 6.92 Å². The topological polar surface area (TPSA) is 72.9 Å². The van der Waals surface area contributed by atoms with Crippen LogP contribution in [0, 0.1) is 0 Å². The number of rotatable bonds is 1. The molecule has 6 heteroatoms. The lowest BCUT2D eigenvalue weighted by Gasteiger charge is -2.38. The first-order valence-corrected chi connectivity index (χ1v) is 5.03. The van der Waals surface area contributed by atoms with Crippen LogP contribution in [0.5, 0.6) is 0 Å². The molecule has 1 aliphatic rings. The van der Waals surface area contributed by atoms with Crippen LogP contribution in [0.3, 0.4) is 0 Å². The monoisotopic (exact) mass is 227 g/mol. The number of aliphatic hydroxyl groups is 1. The maximum Gasteiger partial charge on any atom is 0.288 e. The van der Waals surface area contributed by atoms with E-state index in [2.05, 4.69) is 5.32 Å².